The molecule has 0 bridgehead atoms. The summed E-state index contributed by atoms with van der Waals surface area (Å²) in [4.78, 5) is 4.77. The maximum atomic E-state index is 5.70. The third kappa shape index (κ3) is 3.43. The molecular formula is C16H20N2S2. The molecule has 1 aliphatic rings. The van der Waals surface area contributed by atoms with Gasteiger partial charge in [-0.2, -0.15) is 11.8 Å². The molecule has 0 saturated heterocycles. The lowest BCUT2D eigenvalue weighted by atomic mass is 10.1. The number of nitrogens with two attached hydrogens (primary N) is 1. The monoisotopic (exact) mass is 304 g/mol. The first-order chi connectivity index (χ1) is 9.85. The third-order valence-corrected chi connectivity index (χ3v) is 6.17. The summed E-state index contributed by atoms with van der Waals surface area (Å²) < 4.78 is 0. The predicted octanol–water partition coefficient (Wildman–Crippen LogP) is 4.44. The second kappa shape index (κ2) is 6.74. The van der Waals surface area contributed by atoms with Gasteiger partial charge in [-0.15, -0.1) is 11.3 Å². The molecule has 1 aromatic heterocycles. The van der Waals surface area contributed by atoms with Gasteiger partial charge in [-0.25, -0.2) is 4.98 Å². The summed E-state index contributed by atoms with van der Waals surface area (Å²) in [5, 5.41) is 4.28. The van der Waals surface area contributed by atoms with Crippen LogP contribution >= 0.6 is 23.1 Å². The SMILES string of the molecule is NCc1cccc(-c2csc(CSC3CCCC3)n2)c1. The van der Waals surface area contributed by atoms with Crippen molar-refractivity contribution in [2.75, 3.05) is 0 Å². The van der Waals surface area contributed by atoms with Crippen LogP contribution in [0.1, 0.15) is 36.3 Å². The van der Waals surface area contributed by atoms with E-state index in [-0.39, 0.29) is 0 Å². The quantitative estimate of drug-likeness (QED) is 0.887. The predicted molar refractivity (Wildman–Crippen MR) is 89.0 cm³/mol. The lowest BCUT2D eigenvalue weighted by Crippen LogP contribution is -1.96. The van der Waals surface area contributed by atoms with Crippen LogP contribution < -0.4 is 5.73 Å². The first-order valence-corrected chi connectivity index (χ1v) is 9.13. The first-order valence-electron chi connectivity index (χ1n) is 7.20. The van der Waals surface area contributed by atoms with E-state index < -0.39 is 0 Å². The minimum Gasteiger partial charge on any atom is -0.326 e. The van der Waals surface area contributed by atoms with E-state index >= 15 is 0 Å². The molecule has 2 aromatic rings. The zero-order valence-electron chi connectivity index (χ0n) is 11.5. The topological polar surface area (TPSA) is 38.9 Å². The molecule has 2 nitrogen and oxygen atoms in total. The Balaban J connectivity index is 1.66. The summed E-state index contributed by atoms with van der Waals surface area (Å²) in [6.45, 7) is 0.586. The van der Waals surface area contributed by atoms with Gasteiger partial charge in [0.15, 0.2) is 0 Å². The summed E-state index contributed by atoms with van der Waals surface area (Å²) in [7, 11) is 0. The van der Waals surface area contributed by atoms with E-state index in [0.717, 1.165) is 22.3 Å². The Labute approximate surface area is 128 Å². The van der Waals surface area contributed by atoms with Crippen LogP contribution in [0.3, 0.4) is 0 Å². The number of hydrogen-bond acceptors (Lipinski definition) is 4. The van der Waals surface area contributed by atoms with Gasteiger partial charge >= 0.3 is 0 Å². The van der Waals surface area contributed by atoms with Crippen LogP contribution in [0.5, 0.6) is 0 Å². The Kier molecular flexibility index (Phi) is 4.76. The van der Waals surface area contributed by atoms with Crippen LogP contribution in [0.15, 0.2) is 29.6 Å². The first kappa shape index (κ1) is 14.1. The van der Waals surface area contributed by atoms with Gasteiger partial charge in [-0.3, -0.25) is 0 Å². The van der Waals surface area contributed by atoms with Crippen LogP contribution in [-0.4, -0.2) is 10.2 Å². The van der Waals surface area contributed by atoms with Crippen molar-refractivity contribution in [2.45, 2.75) is 43.2 Å². The second-order valence-electron chi connectivity index (χ2n) is 5.25. The van der Waals surface area contributed by atoms with Crippen LogP contribution in [-0.2, 0) is 12.3 Å². The minimum atomic E-state index is 0.586. The number of benzene rings is 1. The van der Waals surface area contributed by atoms with Gasteiger partial charge in [0, 0.05) is 28.5 Å². The highest BCUT2D eigenvalue weighted by molar-refractivity contribution is 7.99. The zero-order valence-corrected chi connectivity index (χ0v) is 13.2. The van der Waals surface area contributed by atoms with Crippen molar-refractivity contribution in [2.24, 2.45) is 5.73 Å². The van der Waals surface area contributed by atoms with Gasteiger partial charge in [-0.1, -0.05) is 31.0 Å². The number of nitrogens with zero attached hydrogens (tertiary/aromatic N) is 1. The smallest absolute Gasteiger partial charge is 0.103 e. The standard InChI is InChI=1S/C16H20N2S2/c17-9-12-4-3-5-13(8-12)15-10-20-16(18-15)11-19-14-6-1-2-7-14/h3-5,8,10,14H,1-2,6-7,9,11,17H2. The maximum Gasteiger partial charge on any atom is 0.103 e. The van der Waals surface area contributed by atoms with Crippen LogP contribution in [0, 0.1) is 0 Å². The summed E-state index contributed by atoms with van der Waals surface area (Å²) in [5.41, 5.74) is 9.13. The molecule has 3 rings (SSSR count). The number of hydrogen-bond donors (Lipinski definition) is 1. The summed E-state index contributed by atoms with van der Waals surface area (Å²) in [5.74, 6) is 1.06. The average molecular weight is 304 g/mol. The highest BCUT2D eigenvalue weighted by Gasteiger charge is 2.16. The second-order valence-corrected chi connectivity index (χ2v) is 7.48. The third-order valence-electron chi connectivity index (χ3n) is 3.75. The van der Waals surface area contributed by atoms with Crippen molar-refractivity contribution in [1.82, 2.24) is 4.98 Å². The normalized spacial score (nSPS) is 15.8. The molecule has 4 heteroatoms. The molecule has 106 valence electrons. The molecule has 0 atom stereocenters. The molecule has 0 amide bonds. The molecule has 20 heavy (non-hydrogen) atoms. The van der Waals surface area contributed by atoms with Crippen molar-refractivity contribution in [3.05, 3.63) is 40.2 Å². The molecule has 1 saturated carbocycles. The molecule has 1 fully saturated rings. The van der Waals surface area contributed by atoms with Crippen molar-refractivity contribution in [3.8, 4) is 11.3 Å². The van der Waals surface area contributed by atoms with E-state index in [1.54, 1.807) is 11.3 Å². The Morgan fingerprint density at radius 1 is 1.30 bits per heavy atom. The van der Waals surface area contributed by atoms with Crippen molar-refractivity contribution in [1.29, 1.82) is 0 Å². The van der Waals surface area contributed by atoms with Gasteiger partial charge in [0.1, 0.15) is 5.01 Å². The number of thiazole rings is 1. The number of rotatable bonds is 5. The molecule has 0 spiro atoms. The van der Waals surface area contributed by atoms with Crippen LogP contribution in [0.25, 0.3) is 11.3 Å². The summed E-state index contributed by atoms with van der Waals surface area (Å²) >= 11 is 3.86. The highest BCUT2D eigenvalue weighted by Crippen LogP contribution is 2.33. The fourth-order valence-electron chi connectivity index (χ4n) is 2.61. The largest absolute Gasteiger partial charge is 0.326 e. The number of thioether (sulfide) groups is 1. The van der Waals surface area contributed by atoms with Crippen molar-refractivity contribution < 1.29 is 0 Å². The van der Waals surface area contributed by atoms with Crippen molar-refractivity contribution in [3.63, 3.8) is 0 Å². The fourth-order valence-corrected chi connectivity index (χ4v) is 4.78. The van der Waals surface area contributed by atoms with Crippen LogP contribution in [0.2, 0.25) is 0 Å². The van der Waals surface area contributed by atoms with E-state index in [2.05, 4.69) is 41.4 Å². The lowest BCUT2D eigenvalue weighted by molar-refractivity contribution is 0.886. The number of aromatic nitrogens is 1. The molecular weight excluding hydrogens is 284 g/mol. The Hall–Kier alpha value is -0.840. The zero-order chi connectivity index (χ0) is 13.8. The average Bonchev–Trinajstić information content (AvgIpc) is 3.16. The van der Waals surface area contributed by atoms with E-state index in [0.29, 0.717) is 6.54 Å². The van der Waals surface area contributed by atoms with E-state index in [1.807, 2.05) is 0 Å². The minimum absolute atomic E-state index is 0.586. The molecule has 0 unspecified atom stereocenters. The lowest BCUT2D eigenvalue weighted by Gasteiger charge is -2.06. The van der Waals surface area contributed by atoms with E-state index in [4.69, 9.17) is 10.7 Å². The van der Waals surface area contributed by atoms with E-state index in [1.165, 1.54) is 36.3 Å². The highest BCUT2D eigenvalue weighted by atomic mass is 32.2. The van der Waals surface area contributed by atoms with Crippen LogP contribution in [0.4, 0.5) is 0 Å². The fraction of sp³-hybridized carbons (Fsp3) is 0.438. The maximum absolute atomic E-state index is 5.70. The summed E-state index contributed by atoms with van der Waals surface area (Å²) in [6, 6.07) is 8.38. The molecule has 2 N–H and O–H groups in total. The molecule has 0 radical (unpaired) electrons. The van der Waals surface area contributed by atoms with Gasteiger partial charge in [0.25, 0.3) is 0 Å². The molecule has 1 aliphatic carbocycles. The Morgan fingerprint density at radius 2 is 2.15 bits per heavy atom. The summed E-state index contributed by atoms with van der Waals surface area (Å²) in [6.07, 6.45) is 5.60. The van der Waals surface area contributed by atoms with Gasteiger partial charge in [0.2, 0.25) is 0 Å². The van der Waals surface area contributed by atoms with Gasteiger partial charge < -0.3 is 5.73 Å². The van der Waals surface area contributed by atoms with Gasteiger partial charge in [0.05, 0.1) is 5.69 Å². The molecule has 1 aromatic carbocycles. The molecule has 0 aliphatic heterocycles. The Bertz CT molecular complexity index is 559. The van der Waals surface area contributed by atoms with Gasteiger partial charge in [-0.05, 0) is 24.5 Å². The van der Waals surface area contributed by atoms with Crippen molar-refractivity contribution >= 4 is 23.1 Å². The van der Waals surface area contributed by atoms with E-state index in [9.17, 15) is 0 Å². The Morgan fingerprint density at radius 3 is 2.95 bits per heavy atom. The molecule has 1 heterocycles.